The Morgan fingerprint density at radius 2 is 2.05 bits per heavy atom. The fourth-order valence-electron chi connectivity index (χ4n) is 1.87. The number of carbonyl (C=O) groups excluding carboxylic acids is 1. The number of nitrogens with zero attached hydrogens (tertiary/aromatic N) is 3. The summed E-state index contributed by atoms with van der Waals surface area (Å²) in [7, 11) is 1.72. The highest BCUT2D eigenvalue weighted by atomic mass is 32.2. The highest BCUT2D eigenvalue weighted by Gasteiger charge is 2.17. The number of benzene rings is 1. The van der Waals surface area contributed by atoms with Crippen LogP contribution < -0.4 is 0 Å². The van der Waals surface area contributed by atoms with E-state index >= 15 is 0 Å². The number of hydrogen-bond acceptors (Lipinski definition) is 4. The first-order chi connectivity index (χ1) is 10.6. The maximum atomic E-state index is 12.3. The lowest BCUT2D eigenvalue weighted by molar-refractivity contribution is 0.0746. The smallest absolute Gasteiger partial charge is 0.253 e. The van der Waals surface area contributed by atoms with Gasteiger partial charge in [0.25, 0.3) is 5.91 Å². The molecule has 0 radical (unpaired) electrons. The van der Waals surface area contributed by atoms with E-state index < -0.39 is 0 Å². The van der Waals surface area contributed by atoms with Crippen molar-refractivity contribution in [3.05, 3.63) is 54.2 Å². The van der Waals surface area contributed by atoms with Crippen LogP contribution in [-0.2, 0) is 0 Å². The molecule has 0 saturated carbocycles. The second-order valence-corrected chi connectivity index (χ2v) is 6.02. The molecule has 0 bridgehead atoms. The Kier molecular flexibility index (Phi) is 5.56. The molecule has 1 aromatic heterocycles. The Bertz CT molecular complexity index is 665. The van der Waals surface area contributed by atoms with Gasteiger partial charge in [0, 0.05) is 29.7 Å². The van der Waals surface area contributed by atoms with Crippen LogP contribution in [-0.4, -0.2) is 28.9 Å². The molecule has 0 aliphatic rings. The molecule has 5 heteroatoms. The van der Waals surface area contributed by atoms with E-state index in [1.165, 1.54) is 0 Å². The minimum Gasteiger partial charge on any atom is -0.338 e. The molecule has 112 valence electrons. The van der Waals surface area contributed by atoms with E-state index in [0.29, 0.717) is 12.0 Å². The summed E-state index contributed by atoms with van der Waals surface area (Å²) < 4.78 is 0. The van der Waals surface area contributed by atoms with Crippen molar-refractivity contribution in [3.63, 3.8) is 0 Å². The molecule has 2 aromatic rings. The largest absolute Gasteiger partial charge is 0.338 e. The van der Waals surface area contributed by atoms with Crippen molar-refractivity contribution >= 4 is 17.7 Å². The maximum Gasteiger partial charge on any atom is 0.253 e. The zero-order valence-corrected chi connectivity index (χ0v) is 13.4. The molecule has 1 aromatic carbocycles. The molecule has 0 aliphatic carbocycles. The SMILES string of the molecule is CC(CC#N)N(C)C(=O)c1ccc(Sc2ccccn2)cc1. The topological polar surface area (TPSA) is 57.0 Å². The highest BCUT2D eigenvalue weighted by Crippen LogP contribution is 2.25. The molecule has 0 saturated heterocycles. The predicted molar refractivity (Wildman–Crippen MR) is 86.6 cm³/mol. The van der Waals surface area contributed by atoms with E-state index in [0.717, 1.165) is 9.92 Å². The zero-order valence-electron chi connectivity index (χ0n) is 12.6. The van der Waals surface area contributed by atoms with Gasteiger partial charge in [-0.15, -0.1) is 0 Å². The van der Waals surface area contributed by atoms with Crippen molar-refractivity contribution in [2.75, 3.05) is 7.05 Å². The summed E-state index contributed by atoms with van der Waals surface area (Å²) in [6.45, 7) is 1.87. The van der Waals surface area contributed by atoms with Crippen LogP contribution in [0.25, 0.3) is 0 Å². The molecule has 0 spiro atoms. The van der Waals surface area contributed by atoms with Gasteiger partial charge in [-0.2, -0.15) is 5.26 Å². The first-order valence-electron chi connectivity index (χ1n) is 6.95. The van der Waals surface area contributed by atoms with Crippen molar-refractivity contribution in [1.82, 2.24) is 9.88 Å². The monoisotopic (exact) mass is 311 g/mol. The molecular formula is C17H17N3OS. The molecule has 0 N–H and O–H groups in total. The molecule has 1 heterocycles. The molecule has 1 atom stereocenters. The van der Waals surface area contributed by atoms with Gasteiger partial charge in [0.15, 0.2) is 0 Å². The minimum atomic E-state index is -0.0972. The molecule has 1 unspecified atom stereocenters. The second-order valence-electron chi connectivity index (χ2n) is 4.92. The van der Waals surface area contributed by atoms with Gasteiger partial charge in [-0.3, -0.25) is 4.79 Å². The summed E-state index contributed by atoms with van der Waals surface area (Å²) in [5.41, 5.74) is 0.623. The van der Waals surface area contributed by atoms with Crippen LogP contribution >= 0.6 is 11.8 Å². The Balaban J connectivity index is 2.05. The molecule has 22 heavy (non-hydrogen) atoms. The zero-order chi connectivity index (χ0) is 15.9. The van der Waals surface area contributed by atoms with Crippen LogP contribution in [0.5, 0.6) is 0 Å². The van der Waals surface area contributed by atoms with E-state index in [1.807, 2.05) is 49.4 Å². The van der Waals surface area contributed by atoms with Gasteiger partial charge >= 0.3 is 0 Å². The maximum absolute atomic E-state index is 12.3. The van der Waals surface area contributed by atoms with Crippen molar-refractivity contribution < 1.29 is 4.79 Å². The van der Waals surface area contributed by atoms with Crippen LogP contribution in [0.4, 0.5) is 0 Å². The number of aromatic nitrogens is 1. The van der Waals surface area contributed by atoms with Gasteiger partial charge in [-0.25, -0.2) is 4.98 Å². The van der Waals surface area contributed by atoms with E-state index in [2.05, 4.69) is 11.1 Å². The summed E-state index contributed by atoms with van der Waals surface area (Å²) >= 11 is 1.55. The average Bonchev–Trinajstić information content (AvgIpc) is 2.55. The molecule has 0 aliphatic heterocycles. The number of rotatable bonds is 5. The van der Waals surface area contributed by atoms with Crippen LogP contribution in [0.2, 0.25) is 0 Å². The second kappa shape index (κ2) is 7.62. The quantitative estimate of drug-likeness (QED) is 0.846. The third kappa shape index (κ3) is 4.09. The normalized spacial score (nSPS) is 11.5. The lowest BCUT2D eigenvalue weighted by Crippen LogP contribution is -2.34. The third-order valence-electron chi connectivity index (χ3n) is 3.33. The number of amides is 1. The Labute approximate surface area is 134 Å². The number of nitriles is 1. The van der Waals surface area contributed by atoms with Gasteiger partial charge in [0.2, 0.25) is 0 Å². The van der Waals surface area contributed by atoms with Crippen molar-refractivity contribution in [1.29, 1.82) is 5.26 Å². The lowest BCUT2D eigenvalue weighted by atomic mass is 10.1. The molecular weight excluding hydrogens is 294 g/mol. The van der Waals surface area contributed by atoms with Gasteiger partial charge in [0.1, 0.15) is 5.03 Å². The fraction of sp³-hybridized carbons (Fsp3) is 0.235. The van der Waals surface area contributed by atoms with E-state index in [-0.39, 0.29) is 11.9 Å². The highest BCUT2D eigenvalue weighted by molar-refractivity contribution is 7.99. The Hall–Kier alpha value is -2.32. The van der Waals surface area contributed by atoms with Crippen LogP contribution in [0.3, 0.4) is 0 Å². The van der Waals surface area contributed by atoms with Gasteiger partial charge < -0.3 is 4.90 Å². The standard InChI is InChI=1S/C17H17N3OS/c1-13(10-11-18)20(2)17(21)14-6-8-15(9-7-14)22-16-5-3-4-12-19-16/h3-9,12-13H,10H2,1-2H3. The van der Waals surface area contributed by atoms with E-state index in [1.54, 1.807) is 29.9 Å². The summed E-state index contributed by atoms with van der Waals surface area (Å²) in [5.74, 6) is -0.0721. The Morgan fingerprint density at radius 1 is 1.32 bits per heavy atom. The van der Waals surface area contributed by atoms with Crippen molar-refractivity contribution in [2.24, 2.45) is 0 Å². The Morgan fingerprint density at radius 3 is 2.64 bits per heavy atom. The molecule has 1 amide bonds. The van der Waals surface area contributed by atoms with E-state index in [9.17, 15) is 4.79 Å². The van der Waals surface area contributed by atoms with E-state index in [4.69, 9.17) is 5.26 Å². The van der Waals surface area contributed by atoms with Gasteiger partial charge in [-0.1, -0.05) is 17.8 Å². The molecule has 2 rings (SSSR count). The summed E-state index contributed by atoms with van der Waals surface area (Å²) in [6.07, 6.45) is 2.08. The molecule has 0 fully saturated rings. The van der Waals surface area contributed by atoms with Crippen molar-refractivity contribution in [3.8, 4) is 6.07 Å². The lowest BCUT2D eigenvalue weighted by Gasteiger charge is -2.23. The number of hydrogen-bond donors (Lipinski definition) is 0. The third-order valence-corrected chi connectivity index (χ3v) is 4.29. The minimum absolute atomic E-state index is 0.0721. The predicted octanol–water partition coefficient (Wildman–Crippen LogP) is 3.61. The first kappa shape index (κ1) is 16.1. The summed E-state index contributed by atoms with van der Waals surface area (Å²) in [5, 5.41) is 9.64. The fourth-order valence-corrected chi connectivity index (χ4v) is 2.64. The van der Waals surface area contributed by atoms with Crippen LogP contribution in [0, 0.1) is 11.3 Å². The average molecular weight is 311 g/mol. The number of pyridine rings is 1. The molecule has 4 nitrogen and oxygen atoms in total. The van der Waals surface area contributed by atoms with Crippen LogP contribution in [0.15, 0.2) is 58.6 Å². The van der Waals surface area contributed by atoms with Gasteiger partial charge in [0.05, 0.1) is 12.5 Å². The first-order valence-corrected chi connectivity index (χ1v) is 7.76. The number of carbonyl (C=O) groups is 1. The van der Waals surface area contributed by atoms with Crippen LogP contribution in [0.1, 0.15) is 23.7 Å². The summed E-state index contributed by atoms with van der Waals surface area (Å²) in [6, 6.07) is 15.2. The van der Waals surface area contributed by atoms with Crippen molar-refractivity contribution in [2.45, 2.75) is 29.3 Å². The summed E-state index contributed by atoms with van der Waals surface area (Å²) in [4.78, 5) is 19.2. The van der Waals surface area contributed by atoms with Gasteiger partial charge in [-0.05, 0) is 43.3 Å².